The lowest BCUT2D eigenvalue weighted by Gasteiger charge is -2.17. The first kappa shape index (κ1) is 14.2. The second-order valence-corrected chi connectivity index (χ2v) is 4.99. The van der Waals surface area contributed by atoms with Crippen molar-refractivity contribution in [3.05, 3.63) is 23.8 Å². The summed E-state index contributed by atoms with van der Waals surface area (Å²) in [4.78, 5) is 25.4. The summed E-state index contributed by atoms with van der Waals surface area (Å²) in [6.45, 7) is 2.53. The van der Waals surface area contributed by atoms with Gasteiger partial charge in [-0.2, -0.15) is 0 Å². The molecule has 0 saturated carbocycles. The number of phenolic OH excluding ortho intramolecular Hbond substituents is 2. The zero-order valence-corrected chi connectivity index (χ0v) is 11.4. The third-order valence-electron chi connectivity index (χ3n) is 3.65. The van der Waals surface area contributed by atoms with Gasteiger partial charge in [0, 0.05) is 13.1 Å². The molecular formula is C14H17NO5. The molecule has 1 fully saturated rings. The van der Waals surface area contributed by atoms with Crippen LogP contribution in [0.5, 0.6) is 11.5 Å². The van der Waals surface area contributed by atoms with E-state index in [0.29, 0.717) is 6.54 Å². The van der Waals surface area contributed by atoms with E-state index in [1.54, 1.807) is 0 Å². The van der Waals surface area contributed by atoms with Crippen molar-refractivity contribution in [1.29, 1.82) is 0 Å². The van der Waals surface area contributed by atoms with Crippen molar-refractivity contribution in [2.45, 2.75) is 6.92 Å². The third kappa shape index (κ3) is 2.41. The van der Waals surface area contributed by atoms with Gasteiger partial charge in [0.1, 0.15) is 0 Å². The number of carbonyl (C=O) groups is 2. The number of hydrogen-bond donors (Lipinski definition) is 2. The lowest BCUT2D eigenvalue weighted by atomic mass is 9.99. The molecule has 0 spiro atoms. The van der Waals surface area contributed by atoms with Crippen LogP contribution in [0.3, 0.4) is 0 Å². The smallest absolute Gasteiger partial charge is 0.310 e. The highest BCUT2D eigenvalue weighted by Crippen LogP contribution is 2.31. The summed E-state index contributed by atoms with van der Waals surface area (Å²) in [7, 11) is 1.32. The van der Waals surface area contributed by atoms with Gasteiger partial charge in [0.15, 0.2) is 11.5 Å². The number of likely N-dealkylation sites (tertiary alicyclic amines) is 1. The van der Waals surface area contributed by atoms with Crippen LogP contribution < -0.4 is 0 Å². The van der Waals surface area contributed by atoms with Gasteiger partial charge in [0.2, 0.25) is 0 Å². The average molecular weight is 279 g/mol. The number of methoxy groups -OCH3 is 1. The van der Waals surface area contributed by atoms with Crippen LogP contribution in [-0.2, 0) is 9.53 Å². The molecule has 0 aromatic heterocycles. The van der Waals surface area contributed by atoms with Gasteiger partial charge < -0.3 is 19.8 Å². The van der Waals surface area contributed by atoms with Crippen LogP contribution in [0.1, 0.15) is 17.3 Å². The zero-order chi connectivity index (χ0) is 14.9. The molecule has 6 heteroatoms. The maximum Gasteiger partial charge on any atom is 0.310 e. The highest BCUT2D eigenvalue weighted by Gasteiger charge is 2.38. The van der Waals surface area contributed by atoms with Crippen molar-refractivity contribution in [1.82, 2.24) is 4.90 Å². The number of para-hydroxylation sites is 1. The number of carbonyl (C=O) groups excluding carboxylic acids is 2. The van der Waals surface area contributed by atoms with E-state index in [0.717, 1.165) is 0 Å². The number of amides is 1. The minimum Gasteiger partial charge on any atom is -0.504 e. The Morgan fingerprint density at radius 1 is 1.30 bits per heavy atom. The summed E-state index contributed by atoms with van der Waals surface area (Å²) in [6.07, 6.45) is 0. The Kier molecular flexibility index (Phi) is 3.83. The normalized spacial score (nSPS) is 21.8. The molecule has 1 saturated heterocycles. The average Bonchev–Trinajstić information content (AvgIpc) is 2.82. The fourth-order valence-corrected chi connectivity index (χ4v) is 2.47. The van der Waals surface area contributed by atoms with E-state index in [1.807, 2.05) is 6.92 Å². The van der Waals surface area contributed by atoms with Crippen LogP contribution in [0.25, 0.3) is 0 Å². The van der Waals surface area contributed by atoms with Crippen LogP contribution in [0.15, 0.2) is 18.2 Å². The molecule has 6 nitrogen and oxygen atoms in total. The van der Waals surface area contributed by atoms with Gasteiger partial charge in [-0.05, 0) is 18.1 Å². The van der Waals surface area contributed by atoms with E-state index in [2.05, 4.69) is 0 Å². The summed E-state index contributed by atoms with van der Waals surface area (Å²) >= 11 is 0. The topological polar surface area (TPSA) is 87.1 Å². The molecule has 20 heavy (non-hydrogen) atoms. The Balaban J connectivity index is 2.19. The highest BCUT2D eigenvalue weighted by atomic mass is 16.5. The molecule has 1 aliphatic heterocycles. The molecule has 0 aliphatic carbocycles. The number of hydrogen-bond acceptors (Lipinski definition) is 5. The van der Waals surface area contributed by atoms with Crippen LogP contribution in [0, 0.1) is 11.8 Å². The van der Waals surface area contributed by atoms with Crippen molar-refractivity contribution >= 4 is 11.9 Å². The number of phenols is 2. The number of nitrogens with zero attached hydrogens (tertiary/aromatic N) is 1. The predicted octanol–water partition coefficient (Wildman–Crippen LogP) is 0.979. The molecular weight excluding hydrogens is 262 g/mol. The van der Waals surface area contributed by atoms with Gasteiger partial charge in [-0.3, -0.25) is 9.59 Å². The van der Waals surface area contributed by atoms with Crippen molar-refractivity contribution < 1.29 is 24.5 Å². The lowest BCUT2D eigenvalue weighted by Crippen LogP contribution is -2.30. The summed E-state index contributed by atoms with van der Waals surface area (Å²) < 4.78 is 4.71. The number of esters is 1. The minimum absolute atomic E-state index is 0.00847. The summed E-state index contributed by atoms with van der Waals surface area (Å²) in [6, 6.07) is 4.23. The van der Waals surface area contributed by atoms with Crippen molar-refractivity contribution in [2.24, 2.45) is 11.8 Å². The fourth-order valence-electron chi connectivity index (χ4n) is 2.47. The largest absolute Gasteiger partial charge is 0.504 e. The SMILES string of the molecule is COC(=O)C1CN(C(=O)c2cccc(O)c2O)CC1C. The second-order valence-electron chi connectivity index (χ2n) is 4.99. The van der Waals surface area contributed by atoms with E-state index < -0.39 is 11.7 Å². The van der Waals surface area contributed by atoms with E-state index in [9.17, 15) is 19.8 Å². The highest BCUT2D eigenvalue weighted by molar-refractivity contribution is 5.98. The molecule has 1 aliphatic rings. The van der Waals surface area contributed by atoms with Gasteiger partial charge in [0.25, 0.3) is 5.91 Å². The minimum atomic E-state index is -0.438. The Hall–Kier alpha value is -2.24. The van der Waals surface area contributed by atoms with Crippen LogP contribution in [0.4, 0.5) is 0 Å². The molecule has 0 radical (unpaired) electrons. The van der Waals surface area contributed by atoms with Crippen molar-refractivity contribution in [3.63, 3.8) is 0 Å². The summed E-state index contributed by atoms with van der Waals surface area (Å²) in [5.74, 6) is -1.89. The Bertz CT molecular complexity index is 542. The lowest BCUT2D eigenvalue weighted by molar-refractivity contribution is -0.146. The van der Waals surface area contributed by atoms with Crippen molar-refractivity contribution in [2.75, 3.05) is 20.2 Å². The van der Waals surface area contributed by atoms with E-state index >= 15 is 0 Å². The number of ether oxygens (including phenoxy) is 1. The summed E-state index contributed by atoms with van der Waals surface area (Å²) in [5, 5.41) is 19.2. The van der Waals surface area contributed by atoms with E-state index in [4.69, 9.17) is 4.74 Å². The van der Waals surface area contributed by atoms with Gasteiger partial charge in [-0.1, -0.05) is 13.0 Å². The molecule has 2 unspecified atom stereocenters. The Morgan fingerprint density at radius 2 is 2.00 bits per heavy atom. The first-order valence-corrected chi connectivity index (χ1v) is 6.33. The van der Waals surface area contributed by atoms with Crippen LogP contribution in [0.2, 0.25) is 0 Å². The monoisotopic (exact) mass is 279 g/mol. The molecule has 1 aromatic rings. The first-order valence-electron chi connectivity index (χ1n) is 6.33. The second kappa shape index (κ2) is 5.40. The molecule has 2 rings (SSSR count). The molecule has 1 amide bonds. The molecule has 1 aromatic carbocycles. The number of aromatic hydroxyl groups is 2. The number of benzene rings is 1. The maximum absolute atomic E-state index is 12.3. The Morgan fingerprint density at radius 3 is 2.65 bits per heavy atom. The molecule has 1 heterocycles. The molecule has 0 bridgehead atoms. The fraction of sp³-hybridized carbons (Fsp3) is 0.429. The van der Waals surface area contributed by atoms with E-state index in [-0.39, 0.29) is 35.7 Å². The van der Waals surface area contributed by atoms with Crippen LogP contribution >= 0.6 is 0 Å². The van der Waals surface area contributed by atoms with Crippen molar-refractivity contribution in [3.8, 4) is 11.5 Å². The third-order valence-corrected chi connectivity index (χ3v) is 3.65. The number of rotatable bonds is 2. The molecule has 2 N–H and O–H groups in total. The first-order chi connectivity index (χ1) is 9.45. The van der Waals surface area contributed by atoms with Gasteiger partial charge in [-0.25, -0.2) is 0 Å². The zero-order valence-electron chi connectivity index (χ0n) is 11.4. The molecule has 2 atom stereocenters. The summed E-state index contributed by atoms with van der Waals surface area (Å²) in [5.41, 5.74) is 0.0303. The van der Waals surface area contributed by atoms with Crippen LogP contribution in [-0.4, -0.2) is 47.2 Å². The van der Waals surface area contributed by atoms with Gasteiger partial charge in [0.05, 0.1) is 18.6 Å². The van der Waals surface area contributed by atoms with E-state index in [1.165, 1.54) is 30.2 Å². The standard InChI is InChI=1S/C14H17NO5/c1-8-6-15(7-10(8)14(19)20-2)13(18)9-4-3-5-11(16)12(9)17/h3-5,8,10,16-17H,6-7H2,1-2H3. The predicted molar refractivity (Wildman–Crippen MR) is 70.3 cm³/mol. The van der Waals surface area contributed by atoms with Gasteiger partial charge >= 0.3 is 5.97 Å². The van der Waals surface area contributed by atoms with Gasteiger partial charge in [-0.15, -0.1) is 0 Å². The Labute approximate surface area is 116 Å². The quantitative estimate of drug-likeness (QED) is 0.622. The molecule has 108 valence electrons. The maximum atomic E-state index is 12.3.